The fourth-order valence-corrected chi connectivity index (χ4v) is 3.28. The van der Waals surface area contributed by atoms with E-state index < -0.39 is 12.8 Å². The number of ether oxygens (including phenoxy) is 3. The van der Waals surface area contributed by atoms with E-state index in [0.717, 1.165) is 22.0 Å². The molecule has 8 heteroatoms. The molecule has 4 rings (SSSR count). The highest BCUT2D eigenvalue weighted by atomic mass is 19.3. The van der Waals surface area contributed by atoms with Crippen molar-refractivity contribution in [1.82, 2.24) is 14.5 Å². The second-order valence-electron chi connectivity index (χ2n) is 5.94. The van der Waals surface area contributed by atoms with Crippen molar-refractivity contribution in [2.24, 2.45) is 0 Å². The van der Waals surface area contributed by atoms with E-state index in [2.05, 4.69) is 9.97 Å². The Morgan fingerprint density at radius 3 is 2.50 bits per heavy atom. The molecule has 0 radical (unpaired) electrons. The Bertz CT molecular complexity index is 947. The van der Waals surface area contributed by atoms with Crippen molar-refractivity contribution in [1.29, 1.82) is 0 Å². The topological polar surface area (TPSA) is 58.4 Å². The maximum absolute atomic E-state index is 12.9. The fraction of sp³-hybridized carbons (Fsp3) is 0.333. The van der Waals surface area contributed by atoms with Gasteiger partial charge in [0.25, 0.3) is 0 Å². The van der Waals surface area contributed by atoms with Gasteiger partial charge in [0.1, 0.15) is 0 Å². The van der Waals surface area contributed by atoms with Crippen LogP contribution in [0.15, 0.2) is 24.4 Å². The molecule has 0 unspecified atom stereocenters. The van der Waals surface area contributed by atoms with Crippen molar-refractivity contribution >= 4 is 10.9 Å². The van der Waals surface area contributed by atoms with Gasteiger partial charge in [0.05, 0.1) is 38.5 Å². The molecular formula is C18H17F2N3O3. The highest BCUT2D eigenvalue weighted by molar-refractivity contribution is 5.86. The normalized spacial score (nSPS) is 13.4. The van der Waals surface area contributed by atoms with Crippen LogP contribution in [-0.2, 0) is 24.4 Å². The first-order chi connectivity index (χ1) is 12.6. The largest absolute Gasteiger partial charge is 0.481 e. The minimum atomic E-state index is -2.56. The predicted octanol–water partition coefficient (Wildman–Crippen LogP) is 3.28. The number of hydrogen-bond acceptors (Lipinski definition) is 5. The van der Waals surface area contributed by atoms with E-state index in [0.29, 0.717) is 19.2 Å². The molecule has 1 aliphatic heterocycles. The second kappa shape index (κ2) is 6.53. The molecule has 3 heterocycles. The number of hydrogen-bond donors (Lipinski definition) is 0. The summed E-state index contributed by atoms with van der Waals surface area (Å²) in [5, 5.41) is 1.02. The van der Waals surface area contributed by atoms with Crippen LogP contribution in [0.5, 0.6) is 11.8 Å². The number of benzene rings is 1. The van der Waals surface area contributed by atoms with Crippen LogP contribution in [0.1, 0.15) is 16.7 Å². The smallest absolute Gasteiger partial charge is 0.243 e. The maximum Gasteiger partial charge on any atom is 0.243 e. The molecule has 1 aromatic carbocycles. The molecule has 0 saturated heterocycles. The molecule has 0 bridgehead atoms. The summed E-state index contributed by atoms with van der Waals surface area (Å²) in [5.74, 6) is 0.461. The Morgan fingerprint density at radius 2 is 1.85 bits per heavy atom. The van der Waals surface area contributed by atoms with Gasteiger partial charge in [0.2, 0.25) is 24.1 Å². The third kappa shape index (κ3) is 2.66. The van der Waals surface area contributed by atoms with Gasteiger partial charge in [-0.15, -0.1) is 0 Å². The van der Waals surface area contributed by atoms with E-state index >= 15 is 0 Å². The number of nitrogens with zero attached hydrogens (tertiary/aromatic N) is 3. The minimum absolute atomic E-state index is 0.0813. The zero-order valence-electron chi connectivity index (χ0n) is 14.3. The molecule has 0 atom stereocenters. The van der Waals surface area contributed by atoms with Crippen LogP contribution in [0.2, 0.25) is 0 Å². The van der Waals surface area contributed by atoms with Crippen LogP contribution in [0.3, 0.4) is 0 Å². The molecule has 0 saturated carbocycles. The Labute approximate surface area is 148 Å². The highest BCUT2D eigenvalue weighted by Crippen LogP contribution is 2.33. The lowest BCUT2D eigenvalue weighted by Gasteiger charge is -2.14. The van der Waals surface area contributed by atoms with Gasteiger partial charge < -0.3 is 14.2 Å². The first-order valence-corrected chi connectivity index (χ1v) is 8.09. The molecule has 0 aliphatic carbocycles. The summed E-state index contributed by atoms with van der Waals surface area (Å²) < 4.78 is 43.6. The van der Waals surface area contributed by atoms with Gasteiger partial charge in [-0.25, -0.2) is 8.78 Å². The number of methoxy groups -OCH3 is 2. The van der Waals surface area contributed by atoms with Gasteiger partial charge in [0, 0.05) is 23.6 Å². The number of aromatic nitrogens is 3. The Morgan fingerprint density at radius 1 is 1.12 bits per heavy atom. The van der Waals surface area contributed by atoms with Crippen LogP contribution in [0.25, 0.3) is 16.9 Å². The average molecular weight is 361 g/mol. The molecule has 1 aliphatic rings. The summed E-state index contributed by atoms with van der Waals surface area (Å²) >= 11 is 0. The van der Waals surface area contributed by atoms with Gasteiger partial charge in [-0.2, -0.15) is 9.97 Å². The van der Waals surface area contributed by atoms with Crippen molar-refractivity contribution in [3.8, 4) is 17.7 Å². The summed E-state index contributed by atoms with van der Waals surface area (Å²) in [6.07, 6.45) is -1.26. The standard InChI is InChI=1S/C18H17F2N3O3/c1-24-16-12(7-14(19)20)17(25-2)22-18(21-16)23-6-5-10-3-4-11-8-26-9-13(11)15(10)23/h3-6,14H,7-9H2,1-2H3. The zero-order chi connectivity index (χ0) is 18.3. The number of halogens is 2. The molecule has 0 amide bonds. The van der Waals surface area contributed by atoms with Crippen molar-refractivity contribution in [3.63, 3.8) is 0 Å². The van der Waals surface area contributed by atoms with E-state index in [1.165, 1.54) is 14.2 Å². The Balaban J connectivity index is 1.91. The highest BCUT2D eigenvalue weighted by Gasteiger charge is 2.23. The Kier molecular flexibility index (Phi) is 4.20. The first-order valence-electron chi connectivity index (χ1n) is 8.09. The predicted molar refractivity (Wildman–Crippen MR) is 90.2 cm³/mol. The van der Waals surface area contributed by atoms with Crippen LogP contribution in [0, 0.1) is 0 Å². The third-order valence-corrected chi connectivity index (χ3v) is 4.44. The summed E-state index contributed by atoms with van der Waals surface area (Å²) in [5.41, 5.74) is 3.28. The molecule has 2 aromatic heterocycles. The lowest BCUT2D eigenvalue weighted by molar-refractivity contribution is 0.135. The Hall–Kier alpha value is -2.74. The van der Waals surface area contributed by atoms with Crippen LogP contribution < -0.4 is 9.47 Å². The average Bonchev–Trinajstić information content (AvgIpc) is 3.27. The van der Waals surface area contributed by atoms with Crippen molar-refractivity contribution in [2.75, 3.05) is 14.2 Å². The minimum Gasteiger partial charge on any atom is -0.481 e. The monoisotopic (exact) mass is 361 g/mol. The SMILES string of the molecule is COc1nc(-n2ccc3ccc4c(c32)COC4)nc(OC)c1CC(F)F. The molecule has 0 N–H and O–H groups in total. The number of alkyl halides is 2. The lowest BCUT2D eigenvalue weighted by atomic mass is 10.1. The van der Waals surface area contributed by atoms with Crippen molar-refractivity contribution in [3.05, 3.63) is 41.1 Å². The quantitative estimate of drug-likeness (QED) is 0.698. The fourth-order valence-electron chi connectivity index (χ4n) is 3.28. The summed E-state index contributed by atoms with van der Waals surface area (Å²) in [4.78, 5) is 8.69. The van der Waals surface area contributed by atoms with Crippen molar-refractivity contribution < 1.29 is 23.0 Å². The van der Waals surface area contributed by atoms with Gasteiger partial charge in [-0.3, -0.25) is 4.57 Å². The van der Waals surface area contributed by atoms with E-state index in [1.54, 1.807) is 4.57 Å². The molecule has 0 fully saturated rings. The van der Waals surface area contributed by atoms with Gasteiger partial charge in [-0.05, 0) is 11.6 Å². The maximum atomic E-state index is 12.9. The van der Waals surface area contributed by atoms with E-state index in [1.807, 2.05) is 24.4 Å². The van der Waals surface area contributed by atoms with E-state index in [-0.39, 0.29) is 17.3 Å². The molecular weight excluding hydrogens is 344 g/mol. The molecule has 136 valence electrons. The van der Waals surface area contributed by atoms with Crippen LogP contribution in [0.4, 0.5) is 8.78 Å². The lowest BCUT2D eigenvalue weighted by Crippen LogP contribution is -2.10. The van der Waals surface area contributed by atoms with Crippen LogP contribution >= 0.6 is 0 Å². The first kappa shape index (κ1) is 16.7. The molecule has 0 spiro atoms. The third-order valence-electron chi connectivity index (χ3n) is 4.44. The molecule has 3 aromatic rings. The number of rotatable bonds is 5. The second-order valence-corrected chi connectivity index (χ2v) is 5.94. The summed E-state index contributed by atoms with van der Waals surface area (Å²) in [6, 6.07) is 6.01. The summed E-state index contributed by atoms with van der Waals surface area (Å²) in [6.45, 7) is 1.08. The molecule has 6 nitrogen and oxygen atoms in total. The van der Waals surface area contributed by atoms with Crippen molar-refractivity contribution in [2.45, 2.75) is 26.1 Å². The van der Waals surface area contributed by atoms with Gasteiger partial charge in [-0.1, -0.05) is 12.1 Å². The van der Waals surface area contributed by atoms with Gasteiger partial charge >= 0.3 is 0 Å². The van der Waals surface area contributed by atoms with E-state index in [4.69, 9.17) is 14.2 Å². The molecule has 26 heavy (non-hydrogen) atoms. The van der Waals surface area contributed by atoms with Gasteiger partial charge in [0.15, 0.2) is 0 Å². The van der Waals surface area contributed by atoms with E-state index in [9.17, 15) is 8.78 Å². The number of fused-ring (bicyclic) bond motifs is 3. The summed E-state index contributed by atoms with van der Waals surface area (Å²) in [7, 11) is 2.78. The zero-order valence-corrected chi connectivity index (χ0v) is 14.3. The van der Waals surface area contributed by atoms with Crippen LogP contribution in [-0.4, -0.2) is 35.2 Å².